The zero-order chi connectivity index (χ0) is 11.7. The van der Waals surface area contributed by atoms with E-state index in [0.29, 0.717) is 0 Å². The Morgan fingerprint density at radius 2 is 2.00 bits per heavy atom. The van der Waals surface area contributed by atoms with Crippen molar-refractivity contribution in [3.63, 3.8) is 0 Å². The predicted octanol–water partition coefficient (Wildman–Crippen LogP) is 3.03. The van der Waals surface area contributed by atoms with E-state index in [-0.39, 0.29) is 0 Å². The van der Waals surface area contributed by atoms with Crippen LogP contribution in [-0.2, 0) is 0 Å². The third-order valence-corrected chi connectivity index (χ3v) is 3.11. The van der Waals surface area contributed by atoms with Gasteiger partial charge in [0.15, 0.2) is 5.11 Å². The lowest BCUT2D eigenvalue weighted by Crippen LogP contribution is -2.42. The van der Waals surface area contributed by atoms with Crippen molar-refractivity contribution in [2.75, 3.05) is 19.6 Å². The molecule has 0 fully saturated rings. The van der Waals surface area contributed by atoms with Gasteiger partial charge in [0.1, 0.15) is 0 Å². The van der Waals surface area contributed by atoms with Gasteiger partial charge in [0.25, 0.3) is 0 Å². The first-order valence-corrected chi connectivity index (χ1v) is 6.59. The summed E-state index contributed by atoms with van der Waals surface area (Å²) in [7, 11) is 0. The molecule has 0 amide bonds. The molecule has 0 saturated heterocycles. The lowest BCUT2D eigenvalue weighted by atomic mass is 10.1. The Hall–Kier alpha value is -0.310. The molecule has 0 aliphatic heterocycles. The molecule has 15 heavy (non-hydrogen) atoms. The van der Waals surface area contributed by atoms with Gasteiger partial charge in [-0.05, 0) is 31.5 Å². The zero-order valence-electron chi connectivity index (χ0n) is 10.7. The van der Waals surface area contributed by atoms with Crippen LogP contribution in [0.4, 0.5) is 0 Å². The summed E-state index contributed by atoms with van der Waals surface area (Å²) < 4.78 is 0. The van der Waals surface area contributed by atoms with Crippen molar-refractivity contribution in [1.29, 1.82) is 0 Å². The monoisotopic (exact) mass is 230 g/mol. The molecule has 0 heterocycles. The molecular formula is C12H26N2S. The van der Waals surface area contributed by atoms with Gasteiger partial charge < -0.3 is 10.2 Å². The first-order valence-electron chi connectivity index (χ1n) is 6.18. The average Bonchev–Trinajstić information content (AvgIpc) is 2.25. The van der Waals surface area contributed by atoms with Gasteiger partial charge in [0, 0.05) is 19.6 Å². The van der Waals surface area contributed by atoms with E-state index in [9.17, 15) is 0 Å². The van der Waals surface area contributed by atoms with Crippen LogP contribution in [0.3, 0.4) is 0 Å². The molecule has 3 heteroatoms. The van der Waals surface area contributed by atoms with Crippen LogP contribution < -0.4 is 5.32 Å². The molecule has 90 valence electrons. The van der Waals surface area contributed by atoms with Crippen LogP contribution in [0.25, 0.3) is 0 Å². The molecule has 1 N–H and O–H groups in total. The molecule has 2 nitrogen and oxygen atoms in total. The lowest BCUT2D eigenvalue weighted by molar-refractivity contribution is 0.354. The van der Waals surface area contributed by atoms with Crippen LogP contribution in [0.1, 0.15) is 47.0 Å². The van der Waals surface area contributed by atoms with E-state index in [0.717, 1.165) is 30.7 Å². The Labute approximate surface area is 100 Å². The number of hydrogen-bond donors (Lipinski definition) is 1. The molecule has 0 aromatic rings. The highest BCUT2D eigenvalue weighted by Crippen LogP contribution is 2.04. The molecule has 0 aromatic heterocycles. The Morgan fingerprint density at radius 1 is 1.33 bits per heavy atom. The van der Waals surface area contributed by atoms with Gasteiger partial charge in [0.05, 0.1) is 0 Å². The van der Waals surface area contributed by atoms with Crippen molar-refractivity contribution >= 4 is 17.3 Å². The summed E-state index contributed by atoms with van der Waals surface area (Å²) in [6, 6.07) is 0. The fourth-order valence-electron chi connectivity index (χ4n) is 1.34. The van der Waals surface area contributed by atoms with Gasteiger partial charge in [-0.3, -0.25) is 0 Å². The van der Waals surface area contributed by atoms with Crippen LogP contribution in [0.15, 0.2) is 0 Å². The fourth-order valence-corrected chi connectivity index (χ4v) is 1.65. The largest absolute Gasteiger partial charge is 0.363 e. The summed E-state index contributed by atoms with van der Waals surface area (Å²) in [5.74, 6) is 0.718. The number of nitrogens with zero attached hydrogens (tertiary/aromatic N) is 1. The molecule has 0 bridgehead atoms. The second kappa shape index (κ2) is 8.96. The third-order valence-electron chi connectivity index (χ3n) is 2.70. The number of hydrogen-bond acceptors (Lipinski definition) is 1. The topological polar surface area (TPSA) is 15.3 Å². The quantitative estimate of drug-likeness (QED) is 0.534. The van der Waals surface area contributed by atoms with Crippen molar-refractivity contribution in [3.05, 3.63) is 0 Å². The summed E-state index contributed by atoms with van der Waals surface area (Å²) in [6.07, 6.45) is 3.63. The van der Waals surface area contributed by atoms with Crippen molar-refractivity contribution in [3.8, 4) is 0 Å². The highest BCUT2D eigenvalue weighted by atomic mass is 32.1. The van der Waals surface area contributed by atoms with Gasteiger partial charge >= 0.3 is 0 Å². The highest BCUT2D eigenvalue weighted by Gasteiger charge is 2.09. The summed E-state index contributed by atoms with van der Waals surface area (Å²) in [4.78, 5) is 2.26. The average molecular weight is 230 g/mol. The normalized spacial score (nSPS) is 12.3. The molecule has 0 radical (unpaired) electrons. The first kappa shape index (κ1) is 14.7. The SMILES string of the molecule is CCCCNC(=S)N(CC)CC(C)CC. The van der Waals surface area contributed by atoms with Gasteiger partial charge in [-0.1, -0.05) is 33.6 Å². The zero-order valence-corrected chi connectivity index (χ0v) is 11.5. The van der Waals surface area contributed by atoms with Gasteiger partial charge in [-0.25, -0.2) is 0 Å². The number of thiocarbonyl (C=S) groups is 1. The number of unbranched alkanes of at least 4 members (excludes halogenated alkanes) is 1. The Morgan fingerprint density at radius 3 is 2.47 bits per heavy atom. The van der Waals surface area contributed by atoms with Crippen molar-refractivity contribution in [2.45, 2.75) is 47.0 Å². The molecule has 0 rings (SSSR count). The molecule has 1 atom stereocenters. The first-order chi connectivity index (χ1) is 7.15. The van der Waals surface area contributed by atoms with Crippen LogP contribution in [-0.4, -0.2) is 29.6 Å². The minimum Gasteiger partial charge on any atom is -0.363 e. The lowest BCUT2D eigenvalue weighted by Gasteiger charge is -2.27. The molecule has 0 saturated carbocycles. The Kier molecular flexibility index (Phi) is 8.77. The van der Waals surface area contributed by atoms with E-state index in [1.54, 1.807) is 0 Å². The standard InChI is InChI=1S/C12H26N2S/c1-5-8-9-13-12(15)14(7-3)10-11(4)6-2/h11H,5-10H2,1-4H3,(H,13,15). The van der Waals surface area contributed by atoms with E-state index in [1.165, 1.54) is 19.3 Å². The minimum atomic E-state index is 0.718. The van der Waals surface area contributed by atoms with E-state index < -0.39 is 0 Å². The molecule has 0 aliphatic carbocycles. The van der Waals surface area contributed by atoms with E-state index in [1.807, 2.05) is 0 Å². The van der Waals surface area contributed by atoms with Crippen LogP contribution in [0.2, 0.25) is 0 Å². The second-order valence-corrected chi connectivity index (χ2v) is 4.52. The summed E-state index contributed by atoms with van der Waals surface area (Å²) in [5.41, 5.74) is 0. The van der Waals surface area contributed by atoms with Crippen LogP contribution in [0, 0.1) is 5.92 Å². The number of nitrogens with one attached hydrogen (secondary N) is 1. The molecular weight excluding hydrogens is 204 g/mol. The van der Waals surface area contributed by atoms with Gasteiger partial charge in [0.2, 0.25) is 0 Å². The minimum absolute atomic E-state index is 0.718. The van der Waals surface area contributed by atoms with Crippen LogP contribution in [0.5, 0.6) is 0 Å². The van der Waals surface area contributed by atoms with Crippen molar-refractivity contribution in [1.82, 2.24) is 10.2 Å². The van der Waals surface area contributed by atoms with Gasteiger partial charge in [-0.15, -0.1) is 0 Å². The molecule has 1 unspecified atom stereocenters. The molecule has 0 spiro atoms. The summed E-state index contributed by atoms with van der Waals surface area (Å²) >= 11 is 5.37. The smallest absolute Gasteiger partial charge is 0.168 e. The maximum absolute atomic E-state index is 5.37. The fraction of sp³-hybridized carbons (Fsp3) is 0.917. The highest BCUT2D eigenvalue weighted by molar-refractivity contribution is 7.80. The van der Waals surface area contributed by atoms with E-state index in [4.69, 9.17) is 12.2 Å². The van der Waals surface area contributed by atoms with E-state index in [2.05, 4.69) is 37.9 Å². The number of rotatable bonds is 7. The Balaban J connectivity index is 3.88. The molecule has 0 aliphatic rings. The van der Waals surface area contributed by atoms with Crippen LogP contribution >= 0.6 is 12.2 Å². The third kappa shape index (κ3) is 6.72. The van der Waals surface area contributed by atoms with Gasteiger partial charge in [-0.2, -0.15) is 0 Å². The summed E-state index contributed by atoms with van der Waals surface area (Å²) in [5, 5.41) is 4.24. The Bertz CT molecular complexity index is 171. The predicted molar refractivity (Wildman–Crippen MR) is 72.2 cm³/mol. The van der Waals surface area contributed by atoms with Crippen molar-refractivity contribution < 1.29 is 0 Å². The second-order valence-electron chi connectivity index (χ2n) is 4.14. The summed E-state index contributed by atoms with van der Waals surface area (Å²) in [6.45, 7) is 11.9. The molecule has 0 aromatic carbocycles. The maximum Gasteiger partial charge on any atom is 0.168 e. The maximum atomic E-state index is 5.37. The van der Waals surface area contributed by atoms with E-state index >= 15 is 0 Å². The van der Waals surface area contributed by atoms with Crippen molar-refractivity contribution in [2.24, 2.45) is 5.92 Å².